The first-order valence-corrected chi connectivity index (χ1v) is 8.57. The van der Waals surface area contributed by atoms with E-state index in [9.17, 15) is 14.4 Å². The van der Waals surface area contributed by atoms with Gasteiger partial charge in [-0.15, -0.1) is 0 Å². The van der Waals surface area contributed by atoms with Crippen molar-refractivity contribution < 1.29 is 19.1 Å². The number of fused-ring (bicyclic) bond motifs is 2. The van der Waals surface area contributed by atoms with Gasteiger partial charge in [-0.1, -0.05) is 41.9 Å². The van der Waals surface area contributed by atoms with Crippen LogP contribution in [-0.2, 0) is 20.9 Å². The van der Waals surface area contributed by atoms with E-state index in [4.69, 9.17) is 16.3 Å². The van der Waals surface area contributed by atoms with E-state index in [-0.39, 0.29) is 23.9 Å². The quantitative estimate of drug-likeness (QED) is 0.395. The number of aromatic nitrogens is 1. The standard InChI is InChI=1S/C20H13ClN2O4/c21-19-13(9-12-5-1-3-7-15(12)22-19)11-27-17(24)10-23-16-8-4-2-6-14(16)18(25)20(23)26/h1-9H,10-11H2. The van der Waals surface area contributed by atoms with Crippen molar-refractivity contribution in [3.8, 4) is 0 Å². The van der Waals surface area contributed by atoms with Gasteiger partial charge in [0.15, 0.2) is 0 Å². The van der Waals surface area contributed by atoms with Gasteiger partial charge in [0.25, 0.3) is 11.7 Å². The van der Waals surface area contributed by atoms with Crippen LogP contribution in [0, 0.1) is 0 Å². The third-order valence-corrected chi connectivity index (χ3v) is 4.63. The molecule has 7 heteroatoms. The molecule has 0 saturated heterocycles. The molecular formula is C20H13ClN2O4. The van der Waals surface area contributed by atoms with E-state index in [2.05, 4.69) is 4.98 Å². The molecule has 1 aliphatic rings. The normalized spacial score (nSPS) is 13.1. The van der Waals surface area contributed by atoms with E-state index in [1.54, 1.807) is 30.3 Å². The molecule has 3 aromatic rings. The van der Waals surface area contributed by atoms with E-state index in [1.807, 2.05) is 24.3 Å². The number of ether oxygens (including phenoxy) is 1. The molecule has 6 nitrogen and oxygen atoms in total. The molecular weight excluding hydrogens is 368 g/mol. The number of anilines is 1. The molecule has 0 radical (unpaired) electrons. The maximum absolute atomic E-state index is 12.2. The molecule has 0 bridgehead atoms. The van der Waals surface area contributed by atoms with Gasteiger partial charge in [0, 0.05) is 10.9 Å². The number of esters is 1. The summed E-state index contributed by atoms with van der Waals surface area (Å²) in [4.78, 5) is 41.7. The molecule has 0 saturated carbocycles. The van der Waals surface area contributed by atoms with Crippen LogP contribution < -0.4 is 4.90 Å². The zero-order valence-corrected chi connectivity index (χ0v) is 14.8. The van der Waals surface area contributed by atoms with Gasteiger partial charge in [0.2, 0.25) is 0 Å². The number of Topliss-reactive ketones (excluding diaryl/α,β-unsaturated/α-hetero) is 1. The summed E-state index contributed by atoms with van der Waals surface area (Å²) in [5.74, 6) is -2.00. The number of halogens is 1. The topological polar surface area (TPSA) is 76.6 Å². The molecule has 1 aliphatic heterocycles. The first-order valence-electron chi connectivity index (χ1n) is 8.19. The number of hydrogen-bond acceptors (Lipinski definition) is 5. The van der Waals surface area contributed by atoms with Crippen LogP contribution in [0.1, 0.15) is 15.9 Å². The molecule has 0 spiro atoms. The second-order valence-corrected chi connectivity index (χ2v) is 6.39. The Balaban J connectivity index is 1.47. The monoisotopic (exact) mass is 380 g/mol. The minimum Gasteiger partial charge on any atom is -0.459 e. The lowest BCUT2D eigenvalue weighted by Gasteiger charge is -2.15. The van der Waals surface area contributed by atoms with E-state index >= 15 is 0 Å². The molecule has 0 N–H and O–H groups in total. The number of carbonyl (C=O) groups excluding carboxylic acids is 3. The number of para-hydroxylation sites is 2. The van der Waals surface area contributed by atoms with Crippen LogP contribution in [-0.4, -0.2) is 29.2 Å². The summed E-state index contributed by atoms with van der Waals surface area (Å²) < 4.78 is 5.25. The molecule has 0 atom stereocenters. The van der Waals surface area contributed by atoms with Crippen LogP contribution in [0.3, 0.4) is 0 Å². The molecule has 4 rings (SSSR count). The Morgan fingerprint density at radius 3 is 2.67 bits per heavy atom. The summed E-state index contributed by atoms with van der Waals surface area (Å²) in [5.41, 5.74) is 2.01. The number of hydrogen-bond donors (Lipinski definition) is 0. The molecule has 0 fully saturated rings. The van der Waals surface area contributed by atoms with Gasteiger partial charge in [-0.3, -0.25) is 19.3 Å². The van der Waals surface area contributed by atoms with Gasteiger partial charge in [0.1, 0.15) is 18.3 Å². The summed E-state index contributed by atoms with van der Waals surface area (Å²) in [6.07, 6.45) is 0. The molecule has 27 heavy (non-hydrogen) atoms. The van der Waals surface area contributed by atoms with E-state index < -0.39 is 17.7 Å². The van der Waals surface area contributed by atoms with Gasteiger partial charge >= 0.3 is 5.97 Å². The second-order valence-electron chi connectivity index (χ2n) is 6.03. The fraction of sp³-hybridized carbons (Fsp3) is 0.100. The average molecular weight is 381 g/mol. The SMILES string of the molecule is O=C(CN1C(=O)C(=O)c2ccccc21)OCc1cc2ccccc2nc1Cl. The number of pyridine rings is 1. The van der Waals surface area contributed by atoms with E-state index in [0.717, 1.165) is 15.8 Å². The van der Waals surface area contributed by atoms with E-state index in [0.29, 0.717) is 11.3 Å². The number of rotatable bonds is 4. The fourth-order valence-electron chi connectivity index (χ4n) is 2.98. The highest BCUT2D eigenvalue weighted by molar-refractivity contribution is 6.52. The van der Waals surface area contributed by atoms with Crippen molar-refractivity contribution in [1.29, 1.82) is 0 Å². The number of benzene rings is 2. The van der Waals surface area contributed by atoms with E-state index in [1.165, 1.54) is 0 Å². The third kappa shape index (κ3) is 3.15. The number of amides is 1. The first kappa shape index (κ1) is 17.2. The van der Waals surface area contributed by atoms with Crippen LogP contribution in [0.25, 0.3) is 10.9 Å². The van der Waals surface area contributed by atoms with Crippen molar-refractivity contribution in [1.82, 2.24) is 4.98 Å². The van der Waals surface area contributed by atoms with Crippen LogP contribution >= 0.6 is 11.6 Å². The largest absolute Gasteiger partial charge is 0.459 e. The Labute approximate surface area is 159 Å². The maximum Gasteiger partial charge on any atom is 0.326 e. The lowest BCUT2D eigenvalue weighted by Crippen LogP contribution is -2.35. The average Bonchev–Trinajstić information content (AvgIpc) is 2.91. The van der Waals surface area contributed by atoms with Crippen molar-refractivity contribution in [2.45, 2.75) is 6.61 Å². The highest BCUT2D eigenvalue weighted by Crippen LogP contribution is 2.28. The lowest BCUT2D eigenvalue weighted by molar-refractivity contribution is -0.143. The predicted octanol–water partition coefficient (Wildman–Crippen LogP) is 3.16. The number of nitrogens with zero attached hydrogens (tertiary/aromatic N) is 2. The first-order chi connectivity index (χ1) is 13.0. The summed E-state index contributed by atoms with van der Waals surface area (Å²) in [6.45, 7) is -0.423. The van der Waals surface area contributed by atoms with Gasteiger partial charge in [-0.05, 0) is 24.3 Å². The summed E-state index contributed by atoms with van der Waals surface area (Å²) in [7, 11) is 0. The number of carbonyl (C=O) groups is 3. The minimum atomic E-state index is -0.737. The van der Waals surface area contributed by atoms with Gasteiger partial charge < -0.3 is 4.74 Å². The molecule has 2 heterocycles. The van der Waals surface area contributed by atoms with Crippen LogP contribution in [0.15, 0.2) is 54.6 Å². The van der Waals surface area contributed by atoms with Gasteiger partial charge in [0.05, 0.1) is 16.8 Å². The van der Waals surface area contributed by atoms with Crippen molar-refractivity contribution >= 4 is 45.9 Å². The Kier molecular flexibility index (Phi) is 4.33. The number of ketones is 1. The van der Waals surface area contributed by atoms with Crippen molar-refractivity contribution in [3.05, 3.63) is 70.9 Å². The smallest absolute Gasteiger partial charge is 0.326 e. The third-order valence-electron chi connectivity index (χ3n) is 4.30. The van der Waals surface area contributed by atoms with Crippen LogP contribution in [0.2, 0.25) is 5.15 Å². The Bertz CT molecular complexity index is 1100. The molecule has 2 aromatic carbocycles. The Morgan fingerprint density at radius 1 is 1.07 bits per heavy atom. The molecule has 1 aromatic heterocycles. The van der Waals surface area contributed by atoms with Crippen LogP contribution in [0.4, 0.5) is 5.69 Å². The Morgan fingerprint density at radius 2 is 1.81 bits per heavy atom. The maximum atomic E-state index is 12.2. The van der Waals surface area contributed by atoms with Gasteiger partial charge in [-0.2, -0.15) is 0 Å². The van der Waals surface area contributed by atoms with Crippen LogP contribution in [0.5, 0.6) is 0 Å². The molecule has 134 valence electrons. The lowest BCUT2D eigenvalue weighted by atomic mass is 10.1. The van der Waals surface area contributed by atoms with Crippen molar-refractivity contribution in [2.75, 3.05) is 11.4 Å². The molecule has 0 unspecified atom stereocenters. The Hall–Kier alpha value is -3.25. The summed E-state index contributed by atoms with van der Waals surface area (Å²) in [5, 5.41) is 1.13. The summed E-state index contributed by atoms with van der Waals surface area (Å²) >= 11 is 6.15. The molecule has 1 amide bonds. The predicted molar refractivity (Wildman–Crippen MR) is 99.7 cm³/mol. The summed E-state index contributed by atoms with van der Waals surface area (Å²) in [6, 6.07) is 15.8. The highest BCUT2D eigenvalue weighted by atomic mass is 35.5. The van der Waals surface area contributed by atoms with Crippen molar-refractivity contribution in [3.63, 3.8) is 0 Å². The zero-order valence-electron chi connectivity index (χ0n) is 14.0. The highest BCUT2D eigenvalue weighted by Gasteiger charge is 2.36. The molecule has 0 aliphatic carbocycles. The second kappa shape index (κ2) is 6.81. The van der Waals surface area contributed by atoms with Gasteiger partial charge in [-0.25, -0.2) is 4.98 Å². The van der Waals surface area contributed by atoms with Crippen molar-refractivity contribution in [2.24, 2.45) is 0 Å². The fourth-order valence-corrected chi connectivity index (χ4v) is 3.18. The zero-order chi connectivity index (χ0) is 19.0. The minimum absolute atomic E-state index is 0.0763.